The van der Waals surface area contributed by atoms with Crippen LogP contribution in [0.1, 0.15) is 12.8 Å². The molecular formula is C8H13N3O. The molecule has 0 aliphatic carbocycles. The lowest BCUT2D eigenvalue weighted by Crippen LogP contribution is -2.12. The lowest BCUT2D eigenvalue weighted by atomic mass is 10.3. The highest BCUT2D eigenvalue weighted by molar-refractivity contribution is 5.45. The molecule has 0 aromatic carbocycles. The predicted molar refractivity (Wildman–Crippen MR) is 45.5 cm³/mol. The largest absolute Gasteiger partial charge is 0.359 e. The molecule has 1 N–H and O–H groups in total. The maximum Gasteiger partial charge on any atom is 0.207 e. The Kier molecular flexibility index (Phi) is 3.91. The van der Waals surface area contributed by atoms with E-state index in [1.807, 2.05) is 10.8 Å². The van der Waals surface area contributed by atoms with Crippen molar-refractivity contribution in [3.05, 3.63) is 18.7 Å². The molecule has 0 fully saturated rings. The Hall–Kier alpha value is -1.32. The van der Waals surface area contributed by atoms with Crippen LogP contribution in [0.2, 0.25) is 0 Å². The number of rotatable bonds is 6. The van der Waals surface area contributed by atoms with Gasteiger partial charge < -0.3 is 9.88 Å². The molecule has 66 valence electrons. The zero-order valence-electron chi connectivity index (χ0n) is 6.94. The molecule has 1 aromatic rings. The van der Waals surface area contributed by atoms with Gasteiger partial charge >= 0.3 is 0 Å². The molecular weight excluding hydrogens is 154 g/mol. The van der Waals surface area contributed by atoms with E-state index < -0.39 is 0 Å². The lowest BCUT2D eigenvalue weighted by molar-refractivity contribution is -0.109. The van der Waals surface area contributed by atoms with E-state index in [-0.39, 0.29) is 0 Å². The van der Waals surface area contributed by atoms with E-state index >= 15 is 0 Å². The predicted octanol–water partition coefficient (Wildman–Crippen LogP) is 0.409. The van der Waals surface area contributed by atoms with Crippen molar-refractivity contribution in [2.24, 2.45) is 0 Å². The van der Waals surface area contributed by atoms with Gasteiger partial charge in [0.2, 0.25) is 6.41 Å². The zero-order chi connectivity index (χ0) is 8.65. The SMILES string of the molecule is O=CNCCCCn1ccnc1. The summed E-state index contributed by atoms with van der Waals surface area (Å²) in [5.41, 5.74) is 0. The quantitative estimate of drug-likeness (QED) is 0.492. The van der Waals surface area contributed by atoms with Gasteiger partial charge in [0.25, 0.3) is 0 Å². The number of carbonyl (C=O) groups excluding carboxylic acids is 1. The normalized spacial score (nSPS) is 9.67. The molecule has 1 amide bonds. The molecule has 0 aliphatic heterocycles. The number of hydrogen-bond donors (Lipinski definition) is 1. The molecule has 0 bridgehead atoms. The van der Waals surface area contributed by atoms with Crippen molar-refractivity contribution in [3.8, 4) is 0 Å². The van der Waals surface area contributed by atoms with Gasteiger partial charge in [0, 0.05) is 25.5 Å². The molecule has 1 heterocycles. The summed E-state index contributed by atoms with van der Waals surface area (Å²) in [5.74, 6) is 0. The molecule has 0 atom stereocenters. The molecule has 4 nitrogen and oxygen atoms in total. The van der Waals surface area contributed by atoms with Crippen LogP contribution in [0.15, 0.2) is 18.7 Å². The van der Waals surface area contributed by atoms with Gasteiger partial charge in [-0.1, -0.05) is 0 Å². The number of nitrogens with zero attached hydrogens (tertiary/aromatic N) is 2. The Balaban J connectivity index is 2.00. The molecule has 0 unspecified atom stereocenters. The number of amides is 1. The number of aryl methyl sites for hydroxylation is 1. The second kappa shape index (κ2) is 5.35. The van der Waals surface area contributed by atoms with E-state index in [0.29, 0.717) is 0 Å². The van der Waals surface area contributed by atoms with E-state index in [4.69, 9.17) is 0 Å². The van der Waals surface area contributed by atoms with Crippen LogP contribution in [0.4, 0.5) is 0 Å². The van der Waals surface area contributed by atoms with Crippen molar-refractivity contribution in [1.29, 1.82) is 0 Å². The Morgan fingerprint density at radius 1 is 1.50 bits per heavy atom. The van der Waals surface area contributed by atoms with Crippen LogP contribution < -0.4 is 5.32 Å². The van der Waals surface area contributed by atoms with Gasteiger partial charge in [-0.15, -0.1) is 0 Å². The maximum atomic E-state index is 9.87. The van der Waals surface area contributed by atoms with Crippen LogP contribution in [0, 0.1) is 0 Å². The second-order valence-electron chi connectivity index (χ2n) is 2.58. The first-order valence-electron chi connectivity index (χ1n) is 4.06. The van der Waals surface area contributed by atoms with E-state index in [0.717, 1.165) is 32.3 Å². The minimum absolute atomic E-state index is 0.733. The molecule has 1 aromatic heterocycles. The molecule has 0 saturated heterocycles. The van der Waals surface area contributed by atoms with E-state index in [1.54, 1.807) is 12.5 Å². The average molecular weight is 167 g/mol. The van der Waals surface area contributed by atoms with Crippen LogP contribution in [0.25, 0.3) is 0 Å². The van der Waals surface area contributed by atoms with Gasteiger partial charge in [-0.25, -0.2) is 4.98 Å². The third kappa shape index (κ3) is 3.18. The summed E-state index contributed by atoms with van der Waals surface area (Å²) in [6, 6.07) is 0. The number of hydrogen-bond acceptors (Lipinski definition) is 2. The van der Waals surface area contributed by atoms with E-state index in [1.165, 1.54) is 0 Å². The van der Waals surface area contributed by atoms with Crippen LogP contribution in [-0.4, -0.2) is 22.5 Å². The van der Waals surface area contributed by atoms with E-state index in [9.17, 15) is 4.79 Å². The van der Waals surface area contributed by atoms with Gasteiger partial charge in [-0.2, -0.15) is 0 Å². The van der Waals surface area contributed by atoms with Crippen molar-refractivity contribution >= 4 is 6.41 Å². The Morgan fingerprint density at radius 2 is 2.42 bits per heavy atom. The molecule has 12 heavy (non-hydrogen) atoms. The topological polar surface area (TPSA) is 46.9 Å². The highest BCUT2D eigenvalue weighted by atomic mass is 16.1. The van der Waals surface area contributed by atoms with Crippen molar-refractivity contribution < 1.29 is 4.79 Å². The van der Waals surface area contributed by atoms with Crippen molar-refractivity contribution in [3.63, 3.8) is 0 Å². The summed E-state index contributed by atoms with van der Waals surface area (Å²) < 4.78 is 2.03. The van der Waals surface area contributed by atoms with Gasteiger partial charge in [0.05, 0.1) is 6.33 Å². The summed E-state index contributed by atoms with van der Waals surface area (Å²) in [6.45, 7) is 1.73. The van der Waals surface area contributed by atoms with Gasteiger partial charge in [0.15, 0.2) is 0 Å². The van der Waals surface area contributed by atoms with Crippen molar-refractivity contribution in [2.75, 3.05) is 6.54 Å². The number of carbonyl (C=O) groups is 1. The Labute approximate surface area is 71.6 Å². The van der Waals surface area contributed by atoms with Crippen LogP contribution in [0.3, 0.4) is 0 Å². The number of imidazole rings is 1. The first-order chi connectivity index (χ1) is 5.93. The highest BCUT2D eigenvalue weighted by Gasteiger charge is 1.89. The molecule has 0 spiro atoms. The third-order valence-corrected chi connectivity index (χ3v) is 1.63. The smallest absolute Gasteiger partial charge is 0.207 e. The maximum absolute atomic E-state index is 9.87. The fraction of sp³-hybridized carbons (Fsp3) is 0.500. The third-order valence-electron chi connectivity index (χ3n) is 1.63. The Bertz CT molecular complexity index is 208. The standard InChI is InChI=1S/C8H13N3O/c12-8-10-3-1-2-5-11-6-4-9-7-11/h4,6-8H,1-3,5H2,(H,10,12). The summed E-state index contributed by atoms with van der Waals surface area (Å²) >= 11 is 0. The van der Waals surface area contributed by atoms with Gasteiger partial charge in [-0.05, 0) is 12.8 Å². The van der Waals surface area contributed by atoms with Crippen molar-refractivity contribution in [2.45, 2.75) is 19.4 Å². The second-order valence-corrected chi connectivity index (χ2v) is 2.58. The monoisotopic (exact) mass is 167 g/mol. The first-order valence-corrected chi connectivity index (χ1v) is 4.06. The molecule has 4 heteroatoms. The summed E-state index contributed by atoms with van der Waals surface area (Å²) in [4.78, 5) is 13.8. The molecule has 1 rings (SSSR count). The minimum atomic E-state index is 0.733. The van der Waals surface area contributed by atoms with Crippen LogP contribution in [0.5, 0.6) is 0 Å². The van der Waals surface area contributed by atoms with E-state index in [2.05, 4.69) is 10.3 Å². The van der Waals surface area contributed by atoms with Crippen LogP contribution >= 0.6 is 0 Å². The molecule has 0 aliphatic rings. The molecule has 0 radical (unpaired) electrons. The average Bonchev–Trinajstić information content (AvgIpc) is 2.57. The Morgan fingerprint density at radius 3 is 3.08 bits per heavy atom. The number of nitrogens with one attached hydrogen (secondary N) is 1. The highest BCUT2D eigenvalue weighted by Crippen LogP contribution is 1.93. The molecule has 0 saturated carbocycles. The minimum Gasteiger partial charge on any atom is -0.359 e. The fourth-order valence-corrected chi connectivity index (χ4v) is 0.999. The summed E-state index contributed by atoms with van der Waals surface area (Å²) in [7, 11) is 0. The summed E-state index contributed by atoms with van der Waals surface area (Å²) in [6.07, 6.45) is 8.31. The number of aromatic nitrogens is 2. The number of unbranched alkanes of at least 4 members (excludes halogenated alkanes) is 1. The zero-order valence-corrected chi connectivity index (χ0v) is 6.94. The van der Waals surface area contributed by atoms with Gasteiger partial charge in [-0.3, -0.25) is 4.79 Å². The van der Waals surface area contributed by atoms with Gasteiger partial charge in [0.1, 0.15) is 0 Å². The summed E-state index contributed by atoms with van der Waals surface area (Å²) in [5, 5.41) is 2.62. The lowest BCUT2D eigenvalue weighted by Gasteiger charge is -2.00. The van der Waals surface area contributed by atoms with Crippen LogP contribution in [-0.2, 0) is 11.3 Å². The first kappa shape index (κ1) is 8.77. The fourth-order valence-electron chi connectivity index (χ4n) is 0.999. The van der Waals surface area contributed by atoms with Crippen molar-refractivity contribution in [1.82, 2.24) is 14.9 Å².